The van der Waals surface area contributed by atoms with Gasteiger partial charge in [-0.15, -0.1) is 0 Å². The summed E-state index contributed by atoms with van der Waals surface area (Å²) in [6.07, 6.45) is 1.19. The van der Waals surface area contributed by atoms with Gasteiger partial charge >= 0.3 is 0 Å². The average Bonchev–Trinajstić information content (AvgIpc) is 2.57. The van der Waals surface area contributed by atoms with Crippen LogP contribution in [0.1, 0.15) is 25.8 Å². The van der Waals surface area contributed by atoms with Gasteiger partial charge in [0.05, 0.1) is 5.69 Å². The van der Waals surface area contributed by atoms with Crippen LogP contribution in [0, 0.1) is 0 Å². The maximum atomic E-state index is 12.2. The molecule has 0 heterocycles. The zero-order valence-corrected chi connectivity index (χ0v) is 15.5. The summed E-state index contributed by atoms with van der Waals surface area (Å²) in [5, 5.41) is 2.85. The Balaban J connectivity index is 1.99. The Labute approximate surface area is 151 Å². The molecule has 0 atom stereocenters. The lowest BCUT2D eigenvalue weighted by atomic mass is 10.1. The molecule has 0 aliphatic carbocycles. The molecule has 0 radical (unpaired) electrons. The highest BCUT2D eigenvalue weighted by atomic mass is 79.9. The number of hydrogen-bond donors (Lipinski definition) is 1. The fraction of sp³-hybridized carbons (Fsp3) is 0.263. The van der Waals surface area contributed by atoms with Gasteiger partial charge in [0.25, 0.3) is 0 Å². The van der Waals surface area contributed by atoms with Crippen molar-refractivity contribution in [2.24, 2.45) is 0 Å². The molecule has 126 valence electrons. The molecule has 0 aliphatic heterocycles. The predicted octanol–water partition coefficient (Wildman–Crippen LogP) is 4.39. The normalized spacial score (nSPS) is 10.3. The Morgan fingerprint density at radius 2 is 1.75 bits per heavy atom. The predicted molar refractivity (Wildman–Crippen MR) is 101 cm³/mol. The van der Waals surface area contributed by atoms with Crippen molar-refractivity contribution in [2.45, 2.75) is 26.7 Å². The topological polar surface area (TPSA) is 49.4 Å². The molecule has 0 saturated carbocycles. The Morgan fingerprint density at radius 1 is 1.08 bits per heavy atom. The zero-order chi connectivity index (χ0) is 17.5. The number of benzene rings is 2. The summed E-state index contributed by atoms with van der Waals surface area (Å²) in [5.41, 5.74) is 2.76. The van der Waals surface area contributed by atoms with E-state index in [0.29, 0.717) is 6.54 Å². The third-order valence-corrected chi connectivity index (χ3v) is 4.44. The van der Waals surface area contributed by atoms with Gasteiger partial charge in [0, 0.05) is 30.0 Å². The third-order valence-electron chi connectivity index (χ3n) is 3.75. The van der Waals surface area contributed by atoms with E-state index in [1.807, 2.05) is 48.5 Å². The average molecular weight is 389 g/mol. The molecule has 2 amide bonds. The standard InChI is InChI=1S/C19H21BrN2O2/c1-3-15-8-10-16(11-9-15)22(14(2)23)13-12-19(24)21-18-7-5-4-6-17(18)20/h4-11H,3,12-13H2,1-2H3,(H,21,24). The number of amides is 2. The van der Waals surface area contributed by atoms with Gasteiger partial charge in [-0.25, -0.2) is 0 Å². The van der Waals surface area contributed by atoms with Crippen LogP contribution in [-0.2, 0) is 16.0 Å². The fourth-order valence-corrected chi connectivity index (χ4v) is 2.75. The molecule has 0 unspecified atom stereocenters. The molecular formula is C19H21BrN2O2. The summed E-state index contributed by atoms with van der Waals surface area (Å²) < 4.78 is 0.830. The first-order valence-corrected chi connectivity index (χ1v) is 8.72. The van der Waals surface area contributed by atoms with Crippen molar-refractivity contribution in [2.75, 3.05) is 16.8 Å². The van der Waals surface area contributed by atoms with E-state index in [2.05, 4.69) is 28.2 Å². The van der Waals surface area contributed by atoms with Crippen molar-refractivity contribution in [3.05, 3.63) is 58.6 Å². The van der Waals surface area contributed by atoms with Crippen molar-refractivity contribution in [1.82, 2.24) is 0 Å². The largest absolute Gasteiger partial charge is 0.325 e. The van der Waals surface area contributed by atoms with Crippen molar-refractivity contribution < 1.29 is 9.59 Å². The number of hydrogen-bond acceptors (Lipinski definition) is 2. The van der Waals surface area contributed by atoms with Crippen LogP contribution >= 0.6 is 15.9 Å². The van der Waals surface area contributed by atoms with Crippen LogP contribution in [0.4, 0.5) is 11.4 Å². The molecule has 0 bridgehead atoms. The minimum Gasteiger partial charge on any atom is -0.325 e. The minimum absolute atomic E-state index is 0.0760. The van der Waals surface area contributed by atoms with Gasteiger partial charge in [0.1, 0.15) is 0 Å². The third kappa shape index (κ3) is 4.93. The number of carbonyl (C=O) groups excluding carboxylic acids is 2. The van der Waals surface area contributed by atoms with Crippen LogP contribution in [0.2, 0.25) is 0 Å². The molecule has 2 rings (SSSR count). The number of aryl methyl sites for hydroxylation is 1. The van der Waals surface area contributed by atoms with Crippen LogP contribution < -0.4 is 10.2 Å². The first kappa shape index (κ1) is 18.2. The van der Waals surface area contributed by atoms with Crippen molar-refractivity contribution in [3.63, 3.8) is 0 Å². The van der Waals surface area contributed by atoms with E-state index in [9.17, 15) is 9.59 Å². The number of anilines is 2. The second kappa shape index (κ2) is 8.64. The minimum atomic E-state index is -0.127. The van der Waals surface area contributed by atoms with Gasteiger partial charge in [-0.05, 0) is 52.2 Å². The molecule has 0 saturated heterocycles. The molecule has 0 aliphatic rings. The smallest absolute Gasteiger partial charge is 0.226 e. The number of para-hydroxylation sites is 1. The van der Waals surface area contributed by atoms with Gasteiger partial charge in [0.15, 0.2) is 0 Å². The van der Waals surface area contributed by atoms with E-state index in [0.717, 1.165) is 22.3 Å². The van der Waals surface area contributed by atoms with E-state index in [-0.39, 0.29) is 18.2 Å². The SMILES string of the molecule is CCc1ccc(N(CCC(=O)Nc2ccccc2Br)C(C)=O)cc1. The quantitative estimate of drug-likeness (QED) is 0.797. The van der Waals surface area contributed by atoms with Crippen molar-refractivity contribution in [1.29, 1.82) is 0 Å². The van der Waals surface area contributed by atoms with Gasteiger partial charge < -0.3 is 10.2 Å². The highest BCUT2D eigenvalue weighted by Crippen LogP contribution is 2.21. The second-order valence-corrected chi connectivity index (χ2v) is 6.32. The summed E-state index contributed by atoms with van der Waals surface area (Å²) >= 11 is 3.40. The van der Waals surface area contributed by atoms with Gasteiger partial charge in [0.2, 0.25) is 11.8 Å². The highest BCUT2D eigenvalue weighted by molar-refractivity contribution is 9.10. The Hall–Kier alpha value is -2.14. The lowest BCUT2D eigenvalue weighted by molar-refractivity contribution is -0.117. The Kier molecular flexibility index (Phi) is 6.55. The molecule has 2 aromatic rings. The van der Waals surface area contributed by atoms with Crippen molar-refractivity contribution >= 4 is 39.1 Å². The summed E-state index contributed by atoms with van der Waals surface area (Å²) in [5.74, 6) is -0.203. The molecule has 5 heteroatoms. The van der Waals surface area contributed by atoms with E-state index in [4.69, 9.17) is 0 Å². The van der Waals surface area contributed by atoms with E-state index in [1.165, 1.54) is 12.5 Å². The number of rotatable bonds is 6. The summed E-state index contributed by atoms with van der Waals surface area (Å²) in [4.78, 5) is 25.7. The fourth-order valence-electron chi connectivity index (χ4n) is 2.37. The second-order valence-electron chi connectivity index (χ2n) is 5.47. The lowest BCUT2D eigenvalue weighted by Gasteiger charge is -2.21. The van der Waals surface area contributed by atoms with Gasteiger partial charge in [-0.3, -0.25) is 9.59 Å². The molecule has 1 N–H and O–H groups in total. The van der Waals surface area contributed by atoms with Crippen LogP contribution in [-0.4, -0.2) is 18.4 Å². The molecule has 2 aromatic carbocycles. The number of carbonyl (C=O) groups is 2. The number of nitrogens with zero attached hydrogens (tertiary/aromatic N) is 1. The van der Waals surface area contributed by atoms with Crippen LogP contribution in [0.5, 0.6) is 0 Å². The maximum Gasteiger partial charge on any atom is 0.226 e. The first-order chi connectivity index (χ1) is 11.5. The van der Waals surface area contributed by atoms with Gasteiger partial charge in [-0.2, -0.15) is 0 Å². The van der Waals surface area contributed by atoms with Crippen LogP contribution in [0.25, 0.3) is 0 Å². The van der Waals surface area contributed by atoms with E-state index in [1.54, 1.807) is 4.90 Å². The van der Waals surface area contributed by atoms with E-state index < -0.39 is 0 Å². The summed E-state index contributed by atoms with van der Waals surface area (Å²) in [7, 11) is 0. The summed E-state index contributed by atoms with van der Waals surface area (Å²) in [6.45, 7) is 3.94. The first-order valence-electron chi connectivity index (χ1n) is 7.92. The summed E-state index contributed by atoms with van der Waals surface area (Å²) in [6, 6.07) is 15.3. The number of nitrogens with one attached hydrogen (secondary N) is 1. The van der Waals surface area contributed by atoms with Crippen LogP contribution in [0.15, 0.2) is 53.0 Å². The monoisotopic (exact) mass is 388 g/mol. The molecule has 0 aromatic heterocycles. The zero-order valence-electron chi connectivity index (χ0n) is 13.9. The van der Waals surface area contributed by atoms with Gasteiger partial charge in [-0.1, -0.05) is 31.2 Å². The molecular weight excluding hydrogens is 368 g/mol. The maximum absolute atomic E-state index is 12.2. The molecule has 4 nitrogen and oxygen atoms in total. The molecule has 24 heavy (non-hydrogen) atoms. The Morgan fingerprint density at radius 3 is 2.33 bits per heavy atom. The Bertz CT molecular complexity index is 714. The molecule has 0 spiro atoms. The number of halogens is 1. The molecule has 0 fully saturated rings. The van der Waals surface area contributed by atoms with E-state index >= 15 is 0 Å². The lowest BCUT2D eigenvalue weighted by Crippen LogP contribution is -2.32. The van der Waals surface area contributed by atoms with Crippen molar-refractivity contribution in [3.8, 4) is 0 Å². The highest BCUT2D eigenvalue weighted by Gasteiger charge is 2.14. The van der Waals surface area contributed by atoms with Crippen LogP contribution in [0.3, 0.4) is 0 Å².